The fourth-order valence-corrected chi connectivity index (χ4v) is 1.88. The lowest BCUT2D eigenvalue weighted by Crippen LogP contribution is -2.07. The van der Waals surface area contributed by atoms with E-state index >= 15 is 0 Å². The Morgan fingerprint density at radius 1 is 1.00 bits per heavy atom. The number of ether oxygens (including phenoxy) is 1. The van der Waals surface area contributed by atoms with Gasteiger partial charge in [-0.05, 0) is 24.6 Å². The number of benzene rings is 2. The van der Waals surface area contributed by atoms with Crippen LogP contribution in [0.15, 0.2) is 73.3 Å². The Balaban J connectivity index is 0.000000313. The minimum absolute atomic E-state index is 0.0199. The molecule has 1 atom stereocenters. The average molecular weight is 309 g/mol. The van der Waals surface area contributed by atoms with Gasteiger partial charge in [-0.2, -0.15) is 0 Å². The van der Waals surface area contributed by atoms with Crippen molar-refractivity contribution in [3.05, 3.63) is 84.5 Å². The maximum absolute atomic E-state index is 5.17. The molecule has 0 saturated carbocycles. The fraction of sp³-hybridized carbons (Fsp3) is 0.238. The van der Waals surface area contributed by atoms with Crippen molar-refractivity contribution < 1.29 is 4.74 Å². The van der Waals surface area contributed by atoms with E-state index in [0.717, 1.165) is 5.56 Å². The molecule has 0 saturated heterocycles. The first-order valence-corrected chi connectivity index (χ1v) is 7.69. The van der Waals surface area contributed by atoms with Gasteiger partial charge in [-0.15, -0.1) is 6.58 Å². The van der Waals surface area contributed by atoms with Gasteiger partial charge in [-0.1, -0.05) is 66.3 Å². The van der Waals surface area contributed by atoms with E-state index in [1.54, 1.807) is 13.2 Å². The number of nitrogens with zero attached hydrogens (tertiary/aromatic N) is 1. The van der Waals surface area contributed by atoms with Gasteiger partial charge in [0, 0.05) is 26.9 Å². The summed E-state index contributed by atoms with van der Waals surface area (Å²) in [5.41, 5.74) is 3.68. The molecule has 0 heterocycles. The maximum atomic E-state index is 5.17. The first kappa shape index (κ1) is 18.7. The van der Waals surface area contributed by atoms with E-state index in [4.69, 9.17) is 4.74 Å². The average Bonchev–Trinajstić information content (AvgIpc) is 2.57. The number of hydrogen-bond donors (Lipinski definition) is 0. The highest BCUT2D eigenvalue weighted by molar-refractivity contribution is 5.55. The van der Waals surface area contributed by atoms with Crippen molar-refractivity contribution in [3.63, 3.8) is 0 Å². The van der Waals surface area contributed by atoms with Crippen LogP contribution in [0, 0.1) is 6.92 Å². The molecule has 0 N–H and O–H groups in total. The fourth-order valence-electron chi connectivity index (χ4n) is 1.88. The quantitative estimate of drug-likeness (QED) is 0.724. The normalized spacial score (nSPS) is 11.5. The smallest absolute Gasteiger partial charge is 0.0934 e. The predicted octanol–water partition coefficient (Wildman–Crippen LogP) is 4.96. The summed E-state index contributed by atoms with van der Waals surface area (Å²) in [6, 6.07) is 18.6. The van der Waals surface area contributed by atoms with Crippen LogP contribution in [0.2, 0.25) is 0 Å². The summed E-state index contributed by atoms with van der Waals surface area (Å²) in [6.45, 7) is 5.78. The minimum atomic E-state index is -0.0199. The Hall–Kier alpha value is -2.32. The molecule has 2 aromatic rings. The highest BCUT2D eigenvalue weighted by Gasteiger charge is 1.96. The van der Waals surface area contributed by atoms with Crippen LogP contribution in [0.25, 0.3) is 6.08 Å². The molecular formula is C21H27NO. The second-order valence-electron chi connectivity index (χ2n) is 5.44. The Kier molecular flexibility index (Phi) is 8.48. The first-order valence-electron chi connectivity index (χ1n) is 7.69. The molecule has 2 nitrogen and oxygen atoms in total. The highest BCUT2D eigenvalue weighted by Crippen LogP contribution is 2.13. The Morgan fingerprint density at radius 2 is 1.61 bits per heavy atom. The van der Waals surface area contributed by atoms with E-state index < -0.39 is 0 Å². The van der Waals surface area contributed by atoms with Gasteiger partial charge >= 0.3 is 0 Å². The van der Waals surface area contributed by atoms with Crippen molar-refractivity contribution in [1.82, 2.24) is 0 Å². The van der Waals surface area contributed by atoms with Gasteiger partial charge in [0.25, 0.3) is 0 Å². The molecule has 0 fully saturated rings. The summed E-state index contributed by atoms with van der Waals surface area (Å²) in [5.74, 6) is 0. The Bertz CT molecular complexity index is 585. The molecule has 0 aliphatic heterocycles. The second-order valence-corrected chi connectivity index (χ2v) is 5.44. The van der Waals surface area contributed by atoms with Gasteiger partial charge in [0.2, 0.25) is 0 Å². The summed E-state index contributed by atoms with van der Waals surface area (Å²) in [4.78, 5) is 2.08. The molecular weight excluding hydrogens is 282 g/mol. The van der Waals surface area contributed by atoms with Crippen LogP contribution in [0.3, 0.4) is 0 Å². The zero-order valence-corrected chi connectivity index (χ0v) is 14.6. The monoisotopic (exact) mass is 309 g/mol. The van der Waals surface area contributed by atoms with Gasteiger partial charge in [0.1, 0.15) is 0 Å². The summed E-state index contributed by atoms with van der Waals surface area (Å²) in [6.07, 6.45) is 5.77. The van der Waals surface area contributed by atoms with Gasteiger partial charge in [-0.3, -0.25) is 0 Å². The molecule has 0 aliphatic rings. The summed E-state index contributed by atoms with van der Waals surface area (Å²) >= 11 is 0. The predicted molar refractivity (Wildman–Crippen MR) is 102 cm³/mol. The Labute approximate surface area is 140 Å². The van der Waals surface area contributed by atoms with Crippen LogP contribution < -0.4 is 4.90 Å². The summed E-state index contributed by atoms with van der Waals surface area (Å²) in [5, 5.41) is 0. The van der Waals surface area contributed by atoms with E-state index in [1.165, 1.54) is 11.3 Å². The molecule has 0 amide bonds. The second kappa shape index (κ2) is 10.4. The van der Waals surface area contributed by atoms with Crippen molar-refractivity contribution in [2.45, 2.75) is 13.0 Å². The highest BCUT2D eigenvalue weighted by atomic mass is 16.5. The first-order chi connectivity index (χ1) is 11.1. The number of anilines is 1. The van der Waals surface area contributed by atoms with Gasteiger partial charge in [0.05, 0.1) is 6.10 Å². The molecule has 0 bridgehead atoms. The number of hydrogen-bond acceptors (Lipinski definition) is 2. The molecule has 0 aromatic heterocycles. The van der Waals surface area contributed by atoms with E-state index in [9.17, 15) is 0 Å². The topological polar surface area (TPSA) is 12.5 Å². The van der Waals surface area contributed by atoms with E-state index in [-0.39, 0.29) is 6.10 Å². The molecule has 2 heteroatoms. The molecule has 122 valence electrons. The molecule has 23 heavy (non-hydrogen) atoms. The van der Waals surface area contributed by atoms with Crippen LogP contribution in [-0.4, -0.2) is 27.3 Å². The van der Waals surface area contributed by atoms with Crippen molar-refractivity contribution in [2.24, 2.45) is 0 Å². The number of methoxy groups -OCH3 is 1. The summed E-state index contributed by atoms with van der Waals surface area (Å²) < 4.78 is 5.17. The lowest BCUT2D eigenvalue weighted by atomic mass is 10.1. The van der Waals surface area contributed by atoms with Gasteiger partial charge < -0.3 is 9.64 Å². The van der Waals surface area contributed by atoms with Crippen LogP contribution in [-0.2, 0) is 4.74 Å². The SMILES string of the molecule is C=CC(C=Cc1ccc(N(C)C)cc1)OC.Cc1ccccc1. The van der Waals surface area contributed by atoms with Crippen LogP contribution in [0.4, 0.5) is 5.69 Å². The molecule has 0 radical (unpaired) electrons. The molecule has 1 unspecified atom stereocenters. The Morgan fingerprint density at radius 3 is 2.00 bits per heavy atom. The van der Waals surface area contributed by atoms with E-state index in [0.29, 0.717) is 0 Å². The molecule has 2 aromatic carbocycles. The third-order valence-corrected chi connectivity index (χ3v) is 3.33. The third kappa shape index (κ3) is 7.48. The third-order valence-electron chi connectivity index (χ3n) is 3.33. The van der Waals surface area contributed by atoms with E-state index in [2.05, 4.69) is 54.8 Å². The minimum Gasteiger partial charge on any atom is -0.378 e. The number of rotatable bonds is 5. The van der Waals surface area contributed by atoms with Crippen LogP contribution >= 0.6 is 0 Å². The maximum Gasteiger partial charge on any atom is 0.0934 e. The van der Waals surface area contributed by atoms with Crippen LogP contribution in [0.5, 0.6) is 0 Å². The van der Waals surface area contributed by atoms with E-state index in [1.807, 2.05) is 44.4 Å². The lowest BCUT2D eigenvalue weighted by molar-refractivity contribution is 0.178. The molecule has 2 rings (SSSR count). The zero-order chi connectivity index (χ0) is 17.1. The van der Waals surface area contributed by atoms with Gasteiger partial charge in [-0.25, -0.2) is 0 Å². The summed E-state index contributed by atoms with van der Waals surface area (Å²) in [7, 11) is 5.73. The van der Waals surface area contributed by atoms with Crippen molar-refractivity contribution in [3.8, 4) is 0 Å². The van der Waals surface area contributed by atoms with Crippen molar-refractivity contribution in [2.75, 3.05) is 26.1 Å². The van der Waals surface area contributed by atoms with Crippen molar-refractivity contribution in [1.29, 1.82) is 0 Å². The lowest BCUT2D eigenvalue weighted by Gasteiger charge is -2.11. The zero-order valence-electron chi connectivity index (χ0n) is 14.6. The van der Waals surface area contributed by atoms with Crippen LogP contribution in [0.1, 0.15) is 11.1 Å². The number of aryl methyl sites for hydroxylation is 1. The van der Waals surface area contributed by atoms with Crippen molar-refractivity contribution >= 4 is 11.8 Å². The van der Waals surface area contributed by atoms with Gasteiger partial charge in [0.15, 0.2) is 0 Å². The standard InChI is InChI=1S/C14H19NO.C7H8/c1-5-14(16-4)11-8-12-6-9-13(10-7-12)15(2)3;1-7-5-3-2-4-6-7/h5-11,14H,1H2,2-4H3;2-6H,1H3. The largest absolute Gasteiger partial charge is 0.378 e. The molecule has 0 spiro atoms. The molecule has 0 aliphatic carbocycles.